The predicted molar refractivity (Wildman–Crippen MR) is 114 cm³/mol. The Balaban J connectivity index is 1.62. The Bertz CT molecular complexity index is 1010. The van der Waals surface area contributed by atoms with Gasteiger partial charge in [-0.25, -0.2) is 15.0 Å². The van der Waals surface area contributed by atoms with Crippen molar-refractivity contribution in [1.82, 2.24) is 15.0 Å². The summed E-state index contributed by atoms with van der Waals surface area (Å²) < 4.78 is 0. The van der Waals surface area contributed by atoms with Crippen LogP contribution in [0, 0.1) is 19.8 Å². The summed E-state index contributed by atoms with van der Waals surface area (Å²) in [6, 6.07) is 8.19. The number of carbonyl (C=O) groups is 1. The summed E-state index contributed by atoms with van der Waals surface area (Å²) in [5, 5.41) is 16.0. The van der Waals surface area contributed by atoms with Crippen molar-refractivity contribution >= 4 is 28.9 Å². The van der Waals surface area contributed by atoms with E-state index in [0.29, 0.717) is 18.8 Å². The monoisotopic (exact) mass is 408 g/mol. The number of anilines is 2. The third-order valence-electron chi connectivity index (χ3n) is 5.48. The van der Waals surface area contributed by atoms with Crippen LogP contribution in [-0.4, -0.2) is 26.0 Å². The molecular formula is C22H24N4O2S. The summed E-state index contributed by atoms with van der Waals surface area (Å²) in [6.07, 6.45) is 5.77. The van der Waals surface area contributed by atoms with Gasteiger partial charge >= 0.3 is 5.97 Å². The Hall–Kier alpha value is -2.80. The van der Waals surface area contributed by atoms with Crippen LogP contribution in [0.25, 0.3) is 0 Å². The highest BCUT2D eigenvalue weighted by atomic mass is 32.1. The molecule has 29 heavy (non-hydrogen) atoms. The molecule has 1 aliphatic carbocycles. The maximum atomic E-state index is 11.8. The zero-order valence-corrected chi connectivity index (χ0v) is 17.3. The Morgan fingerprint density at radius 2 is 1.93 bits per heavy atom. The van der Waals surface area contributed by atoms with E-state index >= 15 is 0 Å². The van der Waals surface area contributed by atoms with Crippen LogP contribution in [0.2, 0.25) is 0 Å². The minimum Gasteiger partial charge on any atom is -0.481 e. The van der Waals surface area contributed by atoms with E-state index in [1.165, 1.54) is 0 Å². The number of nitrogens with zero attached hydrogens (tertiary/aromatic N) is 3. The first-order valence-electron chi connectivity index (χ1n) is 9.78. The lowest BCUT2D eigenvalue weighted by Gasteiger charge is -2.32. The standard InChI is InChI=1S/C22H24N4O2S/c1-13-7-15(12-19(8-13)26-22-24-4-3-14(2)25-22)16-9-17(20-23-5-6-29-20)11-18(10-16)21(27)28/h3-8,12,16-18H,9-11H2,1-2H3,(H,27,28)(H,24,25,26). The number of aromatic nitrogens is 3. The fourth-order valence-corrected chi connectivity index (χ4v) is 4.96. The van der Waals surface area contributed by atoms with Crippen LogP contribution < -0.4 is 5.32 Å². The molecule has 0 saturated heterocycles. The number of carboxylic acids is 1. The van der Waals surface area contributed by atoms with Gasteiger partial charge in [0, 0.05) is 35.1 Å². The average molecular weight is 409 g/mol. The molecule has 1 fully saturated rings. The first kappa shape index (κ1) is 19.5. The summed E-state index contributed by atoms with van der Waals surface area (Å²) in [6.45, 7) is 3.99. The lowest BCUT2D eigenvalue weighted by atomic mass is 9.72. The number of hydrogen-bond donors (Lipinski definition) is 2. The molecule has 6 nitrogen and oxygen atoms in total. The molecule has 7 heteroatoms. The number of rotatable bonds is 5. The van der Waals surface area contributed by atoms with Crippen molar-refractivity contribution < 1.29 is 9.90 Å². The van der Waals surface area contributed by atoms with Gasteiger partial charge < -0.3 is 10.4 Å². The molecule has 0 spiro atoms. The highest BCUT2D eigenvalue weighted by Crippen LogP contribution is 2.45. The van der Waals surface area contributed by atoms with Gasteiger partial charge in [-0.1, -0.05) is 6.07 Å². The highest BCUT2D eigenvalue weighted by molar-refractivity contribution is 7.09. The second kappa shape index (κ2) is 8.29. The zero-order valence-electron chi connectivity index (χ0n) is 16.5. The van der Waals surface area contributed by atoms with E-state index in [0.717, 1.165) is 33.9 Å². The molecule has 2 N–H and O–H groups in total. The summed E-state index contributed by atoms with van der Waals surface area (Å²) >= 11 is 1.62. The van der Waals surface area contributed by atoms with E-state index < -0.39 is 5.97 Å². The van der Waals surface area contributed by atoms with Gasteiger partial charge in [0.25, 0.3) is 0 Å². The van der Waals surface area contributed by atoms with Gasteiger partial charge in [-0.3, -0.25) is 4.79 Å². The van der Waals surface area contributed by atoms with Gasteiger partial charge in [0.2, 0.25) is 5.95 Å². The number of hydrogen-bond acceptors (Lipinski definition) is 6. The minimum atomic E-state index is -0.713. The molecule has 0 radical (unpaired) electrons. The Morgan fingerprint density at radius 1 is 1.10 bits per heavy atom. The minimum absolute atomic E-state index is 0.178. The van der Waals surface area contributed by atoms with Crippen LogP contribution in [0.1, 0.15) is 52.9 Å². The molecule has 1 saturated carbocycles. The van der Waals surface area contributed by atoms with Gasteiger partial charge in [0.15, 0.2) is 0 Å². The maximum absolute atomic E-state index is 11.8. The number of carboxylic acid groups (broad SMARTS) is 1. The van der Waals surface area contributed by atoms with Crippen LogP contribution in [0.5, 0.6) is 0 Å². The molecular weight excluding hydrogens is 384 g/mol. The summed E-state index contributed by atoms with van der Waals surface area (Å²) in [7, 11) is 0. The lowest BCUT2D eigenvalue weighted by Crippen LogP contribution is -2.26. The molecule has 3 atom stereocenters. The van der Waals surface area contributed by atoms with Crippen LogP contribution in [0.3, 0.4) is 0 Å². The van der Waals surface area contributed by atoms with Crippen molar-refractivity contribution in [2.24, 2.45) is 5.92 Å². The summed E-state index contributed by atoms with van der Waals surface area (Å²) in [4.78, 5) is 25.0. The van der Waals surface area contributed by atoms with Gasteiger partial charge in [-0.2, -0.15) is 0 Å². The Labute approximate surface area is 174 Å². The molecule has 0 aliphatic heterocycles. The topological polar surface area (TPSA) is 88.0 Å². The van der Waals surface area contributed by atoms with Gasteiger partial charge in [-0.15, -0.1) is 11.3 Å². The predicted octanol–water partition coefficient (Wildman–Crippen LogP) is 5.05. The lowest BCUT2D eigenvalue weighted by molar-refractivity contribution is -0.143. The van der Waals surface area contributed by atoms with Crippen molar-refractivity contribution in [2.45, 2.75) is 44.9 Å². The van der Waals surface area contributed by atoms with Gasteiger partial charge in [0.05, 0.1) is 10.9 Å². The molecule has 2 aromatic heterocycles. The number of aryl methyl sites for hydroxylation is 2. The van der Waals surface area contributed by atoms with E-state index in [9.17, 15) is 9.90 Å². The fourth-order valence-electron chi connectivity index (χ4n) is 4.19. The summed E-state index contributed by atoms with van der Waals surface area (Å²) in [5.41, 5.74) is 4.11. The van der Waals surface area contributed by atoms with Gasteiger partial charge in [0.1, 0.15) is 0 Å². The van der Waals surface area contributed by atoms with Crippen molar-refractivity contribution in [2.75, 3.05) is 5.32 Å². The molecule has 2 heterocycles. The third-order valence-corrected chi connectivity index (χ3v) is 6.42. The van der Waals surface area contributed by atoms with Gasteiger partial charge in [-0.05, 0) is 68.4 Å². The van der Waals surface area contributed by atoms with Crippen molar-refractivity contribution in [3.63, 3.8) is 0 Å². The maximum Gasteiger partial charge on any atom is 0.306 e. The molecule has 3 aromatic rings. The van der Waals surface area contributed by atoms with Crippen LogP contribution >= 0.6 is 11.3 Å². The molecule has 4 rings (SSSR count). The first-order valence-corrected chi connectivity index (χ1v) is 10.7. The quantitative estimate of drug-likeness (QED) is 0.614. The van der Waals surface area contributed by atoms with Crippen LogP contribution in [0.4, 0.5) is 11.6 Å². The third kappa shape index (κ3) is 4.62. The molecule has 1 aromatic carbocycles. The van der Waals surface area contributed by atoms with E-state index in [2.05, 4.69) is 45.4 Å². The van der Waals surface area contributed by atoms with Crippen LogP contribution in [0.15, 0.2) is 42.0 Å². The highest BCUT2D eigenvalue weighted by Gasteiger charge is 2.35. The number of benzene rings is 1. The van der Waals surface area contributed by atoms with Crippen molar-refractivity contribution in [3.05, 3.63) is 63.9 Å². The Kier molecular flexibility index (Phi) is 5.58. The SMILES string of the molecule is Cc1cc(Nc2nccc(C)n2)cc(C2CC(C(=O)O)CC(c3nccs3)C2)c1. The average Bonchev–Trinajstić information content (AvgIpc) is 3.22. The smallest absolute Gasteiger partial charge is 0.306 e. The Morgan fingerprint density at radius 3 is 2.66 bits per heavy atom. The molecule has 1 aliphatic rings. The molecule has 3 unspecified atom stereocenters. The van der Waals surface area contributed by atoms with E-state index in [1.807, 2.05) is 18.4 Å². The largest absolute Gasteiger partial charge is 0.481 e. The van der Waals surface area contributed by atoms with E-state index in [-0.39, 0.29) is 17.8 Å². The van der Waals surface area contributed by atoms with E-state index in [1.54, 1.807) is 23.7 Å². The molecule has 0 bridgehead atoms. The number of thiazole rings is 1. The van der Waals surface area contributed by atoms with Crippen molar-refractivity contribution in [1.29, 1.82) is 0 Å². The molecule has 0 amide bonds. The fraction of sp³-hybridized carbons (Fsp3) is 0.364. The van der Waals surface area contributed by atoms with Crippen molar-refractivity contribution in [3.8, 4) is 0 Å². The number of aliphatic carboxylic acids is 1. The number of nitrogens with one attached hydrogen (secondary N) is 1. The van der Waals surface area contributed by atoms with Crippen LogP contribution in [-0.2, 0) is 4.79 Å². The molecule has 150 valence electrons. The second-order valence-electron chi connectivity index (χ2n) is 7.79. The van der Waals surface area contributed by atoms with E-state index in [4.69, 9.17) is 0 Å². The first-order chi connectivity index (χ1) is 14.0. The normalized spacial score (nSPS) is 21.7. The summed E-state index contributed by atoms with van der Waals surface area (Å²) in [5.74, 6) is -0.131. The zero-order chi connectivity index (χ0) is 20.4. The second-order valence-corrected chi connectivity index (χ2v) is 8.71.